The van der Waals surface area contributed by atoms with Gasteiger partial charge in [0.15, 0.2) is 0 Å². The molecule has 1 aromatic carbocycles. The first-order valence-electron chi connectivity index (χ1n) is 5.81. The number of anilines is 1. The molecule has 106 valence electrons. The molecule has 1 aliphatic heterocycles. The molecule has 7 heteroatoms. The second-order valence-electron chi connectivity index (χ2n) is 4.58. The highest BCUT2D eigenvalue weighted by atomic mass is 16.7. The summed E-state index contributed by atoms with van der Waals surface area (Å²) in [4.78, 5) is 0. The second-order valence-corrected chi connectivity index (χ2v) is 4.58. The van der Waals surface area contributed by atoms with Gasteiger partial charge in [0.1, 0.15) is 24.4 Å². The highest BCUT2D eigenvalue weighted by Gasteiger charge is 2.53. The Kier molecular flexibility index (Phi) is 3.77. The van der Waals surface area contributed by atoms with Gasteiger partial charge in [-0.1, -0.05) is 12.1 Å². The summed E-state index contributed by atoms with van der Waals surface area (Å²) in [5, 5.41) is 48.7. The third-order valence-electron chi connectivity index (χ3n) is 3.29. The van der Waals surface area contributed by atoms with E-state index in [1.165, 1.54) is 24.3 Å². The molecule has 0 spiro atoms. The van der Waals surface area contributed by atoms with Crippen LogP contribution in [0, 0.1) is 0 Å². The number of aliphatic hydroxyl groups excluding tert-OH is 4. The van der Waals surface area contributed by atoms with Crippen molar-refractivity contribution in [2.45, 2.75) is 30.2 Å². The summed E-state index contributed by atoms with van der Waals surface area (Å²) in [5.41, 5.74) is 6.14. The number of hydrogen-bond donors (Lipinski definition) is 6. The number of nitrogens with two attached hydrogens (primary N) is 1. The molecule has 1 heterocycles. The molecule has 0 unspecified atom stereocenters. The Morgan fingerprint density at radius 2 is 1.68 bits per heavy atom. The molecule has 0 radical (unpaired) electrons. The van der Waals surface area contributed by atoms with Crippen molar-refractivity contribution in [2.24, 2.45) is 0 Å². The van der Waals surface area contributed by atoms with Crippen molar-refractivity contribution < 1.29 is 30.3 Å². The minimum Gasteiger partial charge on any atom is -0.399 e. The lowest BCUT2D eigenvalue weighted by molar-refractivity contribution is -0.357. The lowest BCUT2D eigenvalue weighted by atomic mass is 9.88. The van der Waals surface area contributed by atoms with Crippen LogP contribution in [0.1, 0.15) is 5.56 Å². The van der Waals surface area contributed by atoms with Crippen LogP contribution in [0.5, 0.6) is 0 Å². The SMILES string of the molecule is Nc1ccc([C@@]2(O)O[C@H](CO)[C@@H](O)[C@H](O)[C@H]2O)cc1. The van der Waals surface area contributed by atoms with E-state index in [0.717, 1.165) is 0 Å². The van der Waals surface area contributed by atoms with Crippen LogP contribution in [-0.2, 0) is 10.5 Å². The maximum atomic E-state index is 10.4. The highest BCUT2D eigenvalue weighted by Crippen LogP contribution is 2.36. The van der Waals surface area contributed by atoms with Crippen LogP contribution in [0.3, 0.4) is 0 Å². The summed E-state index contributed by atoms with van der Waals surface area (Å²) < 4.78 is 5.15. The lowest BCUT2D eigenvalue weighted by Crippen LogP contribution is -2.63. The number of ether oxygens (including phenoxy) is 1. The fraction of sp³-hybridized carbons (Fsp3) is 0.500. The molecule has 0 amide bonds. The van der Waals surface area contributed by atoms with Gasteiger partial charge in [-0.05, 0) is 12.1 Å². The predicted octanol–water partition coefficient (Wildman–Crippen LogP) is -2.11. The van der Waals surface area contributed by atoms with Crippen LogP contribution in [0.25, 0.3) is 0 Å². The van der Waals surface area contributed by atoms with Crippen molar-refractivity contribution in [1.29, 1.82) is 0 Å². The Morgan fingerprint density at radius 3 is 2.21 bits per heavy atom. The standard InChI is InChI=1S/C12H17NO6/c13-7-3-1-6(2-4-7)12(18)11(17)10(16)9(15)8(5-14)19-12/h1-4,8-11,14-18H,5,13H2/t8-,9-,10+,11-,12-/m1/s1. The predicted molar refractivity (Wildman–Crippen MR) is 64.7 cm³/mol. The van der Waals surface area contributed by atoms with Gasteiger partial charge in [0.25, 0.3) is 0 Å². The summed E-state index contributed by atoms with van der Waals surface area (Å²) in [5.74, 6) is -2.22. The molecule has 7 nitrogen and oxygen atoms in total. The summed E-state index contributed by atoms with van der Waals surface area (Å²) in [6, 6.07) is 5.85. The molecular formula is C12H17NO6. The molecule has 0 bridgehead atoms. The van der Waals surface area contributed by atoms with Crippen LogP contribution in [0.2, 0.25) is 0 Å². The molecule has 0 aliphatic carbocycles. The van der Waals surface area contributed by atoms with Gasteiger partial charge < -0.3 is 36.0 Å². The largest absolute Gasteiger partial charge is 0.399 e. The van der Waals surface area contributed by atoms with Gasteiger partial charge in [-0.25, -0.2) is 0 Å². The normalized spacial score (nSPS) is 39.2. The first kappa shape index (κ1) is 14.2. The van der Waals surface area contributed by atoms with E-state index in [9.17, 15) is 20.4 Å². The minimum absolute atomic E-state index is 0.165. The van der Waals surface area contributed by atoms with Gasteiger partial charge in [-0.15, -0.1) is 0 Å². The zero-order valence-electron chi connectivity index (χ0n) is 10.0. The summed E-state index contributed by atoms with van der Waals surface area (Å²) >= 11 is 0. The fourth-order valence-corrected chi connectivity index (χ4v) is 2.11. The molecule has 19 heavy (non-hydrogen) atoms. The molecule has 5 atom stereocenters. The number of nitrogen functional groups attached to an aromatic ring is 1. The van der Waals surface area contributed by atoms with Crippen molar-refractivity contribution >= 4 is 5.69 Å². The zero-order valence-corrected chi connectivity index (χ0v) is 10.0. The van der Waals surface area contributed by atoms with E-state index >= 15 is 0 Å². The van der Waals surface area contributed by atoms with Gasteiger partial charge in [0.05, 0.1) is 6.61 Å². The molecule has 1 aliphatic rings. The van der Waals surface area contributed by atoms with E-state index in [1.807, 2.05) is 0 Å². The van der Waals surface area contributed by atoms with E-state index in [0.29, 0.717) is 5.69 Å². The van der Waals surface area contributed by atoms with Crippen molar-refractivity contribution in [3.05, 3.63) is 29.8 Å². The maximum Gasteiger partial charge on any atom is 0.222 e. The third-order valence-corrected chi connectivity index (χ3v) is 3.29. The molecule has 7 N–H and O–H groups in total. The summed E-state index contributed by atoms with van der Waals surface area (Å²) in [7, 11) is 0. The average Bonchev–Trinajstić information content (AvgIpc) is 2.41. The van der Waals surface area contributed by atoms with E-state index < -0.39 is 36.8 Å². The smallest absolute Gasteiger partial charge is 0.222 e. The molecule has 1 saturated heterocycles. The van der Waals surface area contributed by atoms with Gasteiger partial charge >= 0.3 is 0 Å². The van der Waals surface area contributed by atoms with Crippen LogP contribution >= 0.6 is 0 Å². The molecule has 0 aromatic heterocycles. The Bertz CT molecular complexity index is 436. The fourth-order valence-electron chi connectivity index (χ4n) is 2.11. The molecule has 0 saturated carbocycles. The van der Waals surface area contributed by atoms with Crippen molar-refractivity contribution in [1.82, 2.24) is 0 Å². The summed E-state index contributed by atoms with van der Waals surface area (Å²) in [6.07, 6.45) is -6.10. The van der Waals surface area contributed by atoms with Crippen LogP contribution in [0.15, 0.2) is 24.3 Å². The third kappa shape index (κ3) is 2.32. The highest BCUT2D eigenvalue weighted by molar-refractivity contribution is 5.41. The van der Waals surface area contributed by atoms with E-state index in [4.69, 9.17) is 15.6 Å². The molecule has 1 fully saturated rings. The van der Waals surface area contributed by atoms with Gasteiger partial charge in [0, 0.05) is 11.3 Å². The Morgan fingerprint density at radius 1 is 1.11 bits per heavy atom. The quantitative estimate of drug-likeness (QED) is 0.339. The van der Waals surface area contributed by atoms with Crippen molar-refractivity contribution in [2.75, 3.05) is 12.3 Å². The topological polar surface area (TPSA) is 136 Å². The van der Waals surface area contributed by atoms with E-state index in [1.54, 1.807) is 0 Å². The number of rotatable bonds is 2. The lowest BCUT2D eigenvalue weighted by Gasteiger charge is -2.45. The van der Waals surface area contributed by atoms with Crippen molar-refractivity contribution in [3.63, 3.8) is 0 Å². The van der Waals surface area contributed by atoms with Gasteiger partial charge in [-0.3, -0.25) is 0 Å². The first-order valence-corrected chi connectivity index (χ1v) is 5.81. The van der Waals surface area contributed by atoms with Gasteiger partial charge in [-0.2, -0.15) is 0 Å². The number of hydrogen-bond acceptors (Lipinski definition) is 7. The van der Waals surface area contributed by atoms with Crippen LogP contribution < -0.4 is 5.73 Å². The second kappa shape index (κ2) is 5.04. The Balaban J connectivity index is 2.37. The number of aliphatic hydroxyl groups is 5. The Labute approximate surface area is 109 Å². The van der Waals surface area contributed by atoms with Gasteiger partial charge in [0.2, 0.25) is 5.79 Å². The van der Waals surface area contributed by atoms with Crippen LogP contribution in [0.4, 0.5) is 5.69 Å². The zero-order chi connectivity index (χ0) is 14.2. The minimum atomic E-state index is -2.22. The summed E-state index contributed by atoms with van der Waals surface area (Å²) in [6.45, 7) is -0.609. The molecular weight excluding hydrogens is 254 g/mol. The van der Waals surface area contributed by atoms with Crippen molar-refractivity contribution in [3.8, 4) is 0 Å². The number of benzene rings is 1. The molecule has 2 rings (SSSR count). The van der Waals surface area contributed by atoms with E-state index in [2.05, 4.69) is 0 Å². The van der Waals surface area contributed by atoms with E-state index in [-0.39, 0.29) is 5.56 Å². The monoisotopic (exact) mass is 271 g/mol. The maximum absolute atomic E-state index is 10.4. The average molecular weight is 271 g/mol. The first-order chi connectivity index (χ1) is 8.90. The van der Waals surface area contributed by atoms with Crippen LogP contribution in [-0.4, -0.2) is 56.6 Å². The molecule has 1 aromatic rings. The Hall–Kier alpha value is -1.22.